The highest BCUT2D eigenvalue weighted by Crippen LogP contribution is 2.36. The molecular formula is C18H18FN5O2. The molecule has 2 heterocycles. The molecule has 7 nitrogen and oxygen atoms in total. The second-order valence-corrected chi connectivity index (χ2v) is 6.36. The number of rotatable bonds is 4. The molecular weight excluding hydrogens is 337 g/mol. The van der Waals surface area contributed by atoms with Crippen molar-refractivity contribution in [2.24, 2.45) is 7.05 Å². The Bertz CT molecular complexity index is 978. The van der Waals surface area contributed by atoms with E-state index in [9.17, 15) is 9.18 Å². The normalized spacial score (nSPS) is 15.9. The lowest BCUT2D eigenvalue weighted by atomic mass is 10.0. The summed E-state index contributed by atoms with van der Waals surface area (Å²) in [5.41, 5.74) is 2.44. The molecule has 1 N–H and O–H groups in total. The fraction of sp³-hybridized carbons (Fsp3) is 0.333. The molecule has 8 heteroatoms. The molecule has 1 aliphatic rings. The van der Waals surface area contributed by atoms with Crippen molar-refractivity contribution in [3.8, 4) is 11.4 Å². The van der Waals surface area contributed by atoms with Crippen molar-refractivity contribution in [2.75, 3.05) is 0 Å². The minimum absolute atomic E-state index is 0.259. The number of carbonyl (C=O) groups is 1. The summed E-state index contributed by atoms with van der Waals surface area (Å²) in [4.78, 5) is 16.6. The molecule has 1 aliphatic carbocycles. The summed E-state index contributed by atoms with van der Waals surface area (Å²) in [6.07, 6.45) is 5.08. The summed E-state index contributed by atoms with van der Waals surface area (Å²) in [7, 11) is 1.74. The summed E-state index contributed by atoms with van der Waals surface area (Å²) in [6, 6.07) is 2.92. The molecule has 2 aromatic heterocycles. The van der Waals surface area contributed by atoms with Crippen molar-refractivity contribution in [1.82, 2.24) is 25.2 Å². The quantitative estimate of drug-likeness (QED) is 0.777. The van der Waals surface area contributed by atoms with Crippen LogP contribution in [-0.4, -0.2) is 25.8 Å². The van der Waals surface area contributed by atoms with Crippen LogP contribution < -0.4 is 5.32 Å². The first-order valence-electron chi connectivity index (χ1n) is 8.50. The molecule has 4 rings (SSSR count). The number of hydrogen-bond acceptors (Lipinski definition) is 5. The van der Waals surface area contributed by atoms with Gasteiger partial charge in [-0.15, -0.1) is 0 Å². The van der Waals surface area contributed by atoms with Crippen LogP contribution in [0.15, 0.2) is 29.0 Å². The van der Waals surface area contributed by atoms with Crippen LogP contribution in [0.3, 0.4) is 0 Å². The van der Waals surface area contributed by atoms with Crippen molar-refractivity contribution < 1.29 is 13.7 Å². The molecule has 0 spiro atoms. The third kappa shape index (κ3) is 2.87. The van der Waals surface area contributed by atoms with E-state index >= 15 is 0 Å². The van der Waals surface area contributed by atoms with Crippen molar-refractivity contribution in [3.05, 3.63) is 52.9 Å². The zero-order valence-electron chi connectivity index (χ0n) is 14.5. The van der Waals surface area contributed by atoms with Gasteiger partial charge in [-0.05, 0) is 30.5 Å². The number of aromatic nitrogens is 4. The van der Waals surface area contributed by atoms with Gasteiger partial charge in [0.1, 0.15) is 5.82 Å². The highest BCUT2D eigenvalue weighted by Gasteiger charge is 2.29. The van der Waals surface area contributed by atoms with Crippen molar-refractivity contribution in [3.63, 3.8) is 0 Å². The Morgan fingerprint density at radius 3 is 3.00 bits per heavy atom. The van der Waals surface area contributed by atoms with Crippen LogP contribution in [0.5, 0.6) is 0 Å². The van der Waals surface area contributed by atoms with Gasteiger partial charge >= 0.3 is 0 Å². The van der Waals surface area contributed by atoms with Crippen LogP contribution in [0.4, 0.5) is 4.39 Å². The second kappa shape index (κ2) is 6.36. The van der Waals surface area contributed by atoms with Gasteiger partial charge in [-0.2, -0.15) is 10.1 Å². The van der Waals surface area contributed by atoms with E-state index in [0.29, 0.717) is 47.7 Å². The molecule has 0 bridgehead atoms. The number of halogens is 1. The fourth-order valence-corrected chi connectivity index (χ4v) is 3.29. The molecule has 0 unspecified atom stereocenters. The van der Waals surface area contributed by atoms with E-state index in [4.69, 9.17) is 4.52 Å². The van der Waals surface area contributed by atoms with Crippen molar-refractivity contribution >= 4 is 5.91 Å². The first-order valence-corrected chi connectivity index (χ1v) is 8.50. The number of fused-ring (bicyclic) bond motifs is 1. The second-order valence-electron chi connectivity index (χ2n) is 6.36. The molecule has 0 fully saturated rings. The average Bonchev–Trinajstić information content (AvgIpc) is 3.34. The van der Waals surface area contributed by atoms with Gasteiger partial charge in [-0.3, -0.25) is 9.48 Å². The number of carbonyl (C=O) groups excluding carboxylic acids is 1. The lowest BCUT2D eigenvalue weighted by Crippen LogP contribution is -2.27. The molecule has 26 heavy (non-hydrogen) atoms. The minimum Gasteiger partial charge on any atom is -0.345 e. The number of nitrogens with zero attached hydrogens (tertiary/aromatic N) is 4. The maximum atomic E-state index is 14.8. The first-order chi connectivity index (χ1) is 12.5. The predicted octanol–water partition coefficient (Wildman–Crippen LogP) is 2.59. The first kappa shape index (κ1) is 16.4. The Kier molecular flexibility index (Phi) is 4.02. The maximum Gasteiger partial charge on any atom is 0.254 e. The van der Waals surface area contributed by atoms with E-state index in [1.165, 1.54) is 12.3 Å². The third-order valence-electron chi connectivity index (χ3n) is 4.57. The van der Waals surface area contributed by atoms with Crippen LogP contribution in [-0.2, 0) is 19.9 Å². The van der Waals surface area contributed by atoms with Crippen LogP contribution in [0.2, 0.25) is 0 Å². The van der Waals surface area contributed by atoms with E-state index in [1.807, 2.05) is 13.0 Å². The van der Waals surface area contributed by atoms with Gasteiger partial charge in [0.15, 0.2) is 0 Å². The topological polar surface area (TPSA) is 85.8 Å². The van der Waals surface area contributed by atoms with Gasteiger partial charge in [0.2, 0.25) is 11.7 Å². The van der Waals surface area contributed by atoms with E-state index < -0.39 is 0 Å². The van der Waals surface area contributed by atoms with E-state index in [1.54, 1.807) is 17.9 Å². The number of amides is 1. The summed E-state index contributed by atoms with van der Waals surface area (Å²) in [5, 5.41) is 10.8. The van der Waals surface area contributed by atoms with Gasteiger partial charge in [0.25, 0.3) is 5.91 Å². The Morgan fingerprint density at radius 2 is 2.31 bits per heavy atom. The molecule has 1 atom stereocenters. The number of hydrogen-bond donors (Lipinski definition) is 1. The third-order valence-corrected chi connectivity index (χ3v) is 4.57. The van der Waals surface area contributed by atoms with Crippen molar-refractivity contribution in [2.45, 2.75) is 32.2 Å². The Hall–Kier alpha value is -3.03. The maximum absolute atomic E-state index is 14.8. The standard InChI is InChI=1S/C18H18FN5O2/c1-3-15-22-17(23-26-15)11-6-10-4-5-14(16(10)13(19)7-11)21-18(25)12-8-20-24(2)9-12/h6-9,14H,3-5H2,1-2H3,(H,21,25)/t14-/m1/s1. The Balaban J connectivity index is 1.60. The van der Waals surface area contributed by atoms with Crippen LogP contribution >= 0.6 is 0 Å². The Labute approximate surface area is 149 Å². The zero-order chi connectivity index (χ0) is 18.3. The molecule has 3 aromatic rings. The van der Waals surface area contributed by atoms with Gasteiger partial charge < -0.3 is 9.84 Å². The highest BCUT2D eigenvalue weighted by atomic mass is 19.1. The molecule has 0 radical (unpaired) electrons. The highest BCUT2D eigenvalue weighted by molar-refractivity contribution is 5.94. The van der Waals surface area contributed by atoms with Crippen LogP contribution in [0, 0.1) is 5.82 Å². The molecule has 134 valence electrons. The Morgan fingerprint density at radius 1 is 1.46 bits per heavy atom. The SMILES string of the molecule is CCc1nc(-c2cc(F)c3c(c2)CC[C@H]3NC(=O)c2cnn(C)c2)no1. The van der Waals surface area contributed by atoms with Crippen LogP contribution in [0.1, 0.15) is 46.8 Å². The monoisotopic (exact) mass is 355 g/mol. The molecule has 1 aromatic carbocycles. The lowest BCUT2D eigenvalue weighted by molar-refractivity contribution is 0.0936. The fourth-order valence-electron chi connectivity index (χ4n) is 3.29. The van der Waals surface area contributed by atoms with E-state index in [2.05, 4.69) is 20.6 Å². The van der Waals surface area contributed by atoms with Gasteiger partial charge in [-0.1, -0.05) is 12.1 Å². The smallest absolute Gasteiger partial charge is 0.254 e. The summed E-state index contributed by atoms with van der Waals surface area (Å²) >= 11 is 0. The largest absolute Gasteiger partial charge is 0.345 e. The van der Waals surface area contributed by atoms with E-state index in [0.717, 1.165) is 5.56 Å². The van der Waals surface area contributed by atoms with Crippen LogP contribution in [0.25, 0.3) is 11.4 Å². The number of benzene rings is 1. The molecule has 1 amide bonds. The summed E-state index contributed by atoms with van der Waals surface area (Å²) in [5.74, 6) is 0.272. The van der Waals surface area contributed by atoms with Crippen molar-refractivity contribution in [1.29, 1.82) is 0 Å². The number of aryl methyl sites for hydroxylation is 3. The number of nitrogens with one attached hydrogen (secondary N) is 1. The minimum atomic E-state index is -0.366. The van der Waals surface area contributed by atoms with Gasteiger partial charge in [0.05, 0.1) is 17.8 Å². The van der Waals surface area contributed by atoms with E-state index in [-0.39, 0.29) is 17.8 Å². The zero-order valence-corrected chi connectivity index (χ0v) is 14.5. The van der Waals surface area contributed by atoms with Gasteiger partial charge in [0, 0.05) is 30.8 Å². The van der Waals surface area contributed by atoms with Gasteiger partial charge in [-0.25, -0.2) is 4.39 Å². The molecule has 0 saturated carbocycles. The average molecular weight is 355 g/mol. The summed E-state index contributed by atoms with van der Waals surface area (Å²) < 4.78 is 21.4. The predicted molar refractivity (Wildman–Crippen MR) is 90.8 cm³/mol. The lowest BCUT2D eigenvalue weighted by Gasteiger charge is -2.14. The molecule has 0 saturated heterocycles. The summed E-state index contributed by atoms with van der Waals surface area (Å²) in [6.45, 7) is 1.91. The molecule has 0 aliphatic heterocycles.